The summed E-state index contributed by atoms with van der Waals surface area (Å²) in [5, 5.41) is 25.0. The first-order valence-electron chi connectivity index (χ1n) is 18.7. The van der Waals surface area contributed by atoms with E-state index in [1.54, 1.807) is 93.6 Å². The van der Waals surface area contributed by atoms with Gasteiger partial charge in [-0.25, -0.2) is 4.79 Å². The Bertz CT molecular complexity index is 1740. The third kappa shape index (κ3) is 17.7. The summed E-state index contributed by atoms with van der Waals surface area (Å²) < 4.78 is 10.8. The Balaban J connectivity index is 1.83. The van der Waals surface area contributed by atoms with E-state index in [1.807, 2.05) is 18.2 Å². The van der Waals surface area contributed by atoms with Gasteiger partial charge in [0.05, 0.1) is 31.0 Å². The van der Waals surface area contributed by atoms with Crippen molar-refractivity contribution in [2.75, 3.05) is 19.6 Å². The van der Waals surface area contributed by atoms with Gasteiger partial charge in [0.2, 0.25) is 23.6 Å². The van der Waals surface area contributed by atoms with Gasteiger partial charge in [-0.15, -0.1) is 0 Å². The summed E-state index contributed by atoms with van der Waals surface area (Å²) in [5.41, 5.74) is 12.3. The molecule has 3 rings (SSSR count). The van der Waals surface area contributed by atoms with Gasteiger partial charge in [-0.1, -0.05) is 91.0 Å². The van der Waals surface area contributed by atoms with Crippen molar-refractivity contribution in [2.24, 2.45) is 11.5 Å². The van der Waals surface area contributed by atoms with Crippen LogP contribution in [-0.2, 0) is 52.9 Å². The van der Waals surface area contributed by atoms with E-state index in [2.05, 4.69) is 26.6 Å². The standard InChI is InChI=1S/C41H55N7O9/c1-41(2,3)57-40(55)48-33(24-36(51)56-26-29-17-11-6-12-18-29)39(54)46-30(21-27-13-7-4-8-14-27)34(49)25-45-32(22-28-15-9-5-10-16-28)38(53)47-31(37(43)52)23-35(50)44-20-19-42/h4-18,30-34,45,49H,19-26,42H2,1-3H3,(H2,43,52)(H,44,50)(H,46,54)(H,47,53)(H,48,55)/t30-,31-,32-,33-,34?/m0/s1. The van der Waals surface area contributed by atoms with Gasteiger partial charge in [-0.3, -0.25) is 24.0 Å². The molecule has 16 heteroatoms. The van der Waals surface area contributed by atoms with Crippen LogP contribution in [0.5, 0.6) is 0 Å². The number of carbonyl (C=O) groups is 6. The van der Waals surface area contributed by atoms with E-state index in [0.717, 1.165) is 16.7 Å². The summed E-state index contributed by atoms with van der Waals surface area (Å²) in [6, 6.07) is 22.1. The number of amides is 5. The molecule has 57 heavy (non-hydrogen) atoms. The first kappa shape index (κ1) is 45.5. The largest absolute Gasteiger partial charge is 0.461 e. The van der Waals surface area contributed by atoms with Gasteiger partial charge in [-0.2, -0.15) is 0 Å². The van der Waals surface area contributed by atoms with Gasteiger partial charge in [0.25, 0.3) is 0 Å². The normalized spacial score (nSPS) is 13.8. The molecule has 308 valence electrons. The first-order valence-corrected chi connectivity index (χ1v) is 18.7. The Morgan fingerprint density at radius 2 is 1.25 bits per heavy atom. The lowest BCUT2D eigenvalue weighted by molar-refractivity contribution is -0.147. The number of aliphatic hydroxyl groups excluding tert-OH is 1. The molecule has 0 saturated carbocycles. The Morgan fingerprint density at radius 1 is 0.702 bits per heavy atom. The molecular weight excluding hydrogens is 734 g/mol. The molecule has 0 fully saturated rings. The van der Waals surface area contributed by atoms with E-state index < -0.39 is 84.4 Å². The lowest BCUT2D eigenvalue weighted by Crippen LogP contribution is -2.58. The third-order valence-corrected chi connectivity index (χ3v) is 8.40. The average Bonchev–Trinajstić information content (AvgIpc) is 3.17. The predicted molar refractivity (Wildman–Crippen MR) is 212 cm³/mol. The SMILES string of the molecule is CC(C)(C)OC(=O)N[C@@H](CC(=O)OCc1ccccc1)C(=O)N[C@@H](Cc1ccccc1)C(O)CN[C@@H](Cc1ccccc1)C(=O)N[C@@H](CC(=O)NCCN)C(N)=O. The van der Waals surface area contributed by atoms with Crippen LogP contribution in [0.25, 0.3) is 0 Å². The molecule has 5 atom stereocenters. The maximum absolute atomic E-state index is 13.9. The summed E-state index contributed by atoms with van der Waals surface area (Å²) in [4.78, 5) is 78.0. The van der Waals surface area contributed by atoms with Crippen LogP contribution >= 0.6 is 0 Å². The number of hydrogen-bond acceptors (Lipinski definition) is 11. The van der Waals surface area contributed by atoms with E-state index in [0.29, 0.717) is 0 Å². The molecule has 0 aliphatic heterocycles. The number of hydrogen-bond donors (Lipinski definition) is 8. The van der Waals surface area contributed by atoms with Crippen LogP contribution in [0.1, 0.15) is 50.3 Å². The van der Waals surface area contributed by atoms with Crippen LogP contribution in [0.3, 0.4) is 0 Å². The second kappa shape index (κ2) is 23.3. The highest BCUT2D eigenvalue weighted by Crippen LogP contribution is 2.12. The molecule has 0 aliphatic carbocycles. The van der Waals surface area contributed by atoms with Gasteiger partial charge in [0.15, 0.2) is 0 Å². The molecule has 3 aromatic rings. The molecule has 0 bridgehead atoms. The Hall–Kier alpha value is -5.84. The maximum Gasteiger partial charge on any atom is 0.408 e. The van der Waals surface area contributed by atoms with Crippen molar-refractivity contribution in [3.63, 3.8) is 0 Å². The maximum atomic E-state index is 13.9. The number of primary amides is 1. The summed E-state index contributed by atoms with van der Waals surface area (Å²) in [5.74, 6) is -3.68. The van der Waals surface area contributed by atoms with Gasteiger partial charge >= 0.3 is 12.1 Å². The monoisotopic (exact) mass is 789 g/mol. The quantitative estimate of drug-likeness (QED) is 0.0659. The van der Waals surface area contributed by atoms with Crippen LogP contribution in [0.2, 0.25) is 0 Å². The molecule has 5 amide bonds. The van der Waals surface area contributed by atoms with Gasteiger partial charge in [0, 0.05) is 19.6 Å². The molecule has 16 nitrogen and oxygen atoms in total. The van der Waals surface area contributed by atoms with E-state index in [4.69, 9.17) is 20.9 Å². The van der Waals surface area contributed by atoms with Crippen molar-refractivity contribution in [1.29, 1.82) is 0 Å². The molecule has 3 aromatic carbocycles. The zero-order valence-electron chi connectivity index (χ0n) is 32.6. The summed E-state index contributed by atoms with van der Waals surface area (Å²) in [6.07, 6.45) is -3.01. The minimum absolute atomic E-state index is 0.0547. The predicted octanol–water partition coefficient (Wildman–Crippen LogP) is 0.738. The Labute approximate surface area is 332 Å². The number of nitrogens with one attached hydrogen (secondary N) is 5. The van der Waals surface area contributed by atoms with Crippen molar-refractivity contribution in [3.05, 3.63) is 108 Å². The van der Waals surface area contributed by atoms with Crippen molar-refractivity contribution in [2.45, 2.75) is 88.9 Å². The highest BCUT2D eigenvalue weighted by molar-refractivity contribution is 5.93. The minimum atomic E-state index is -1.45. The third-order valence-electron chi connectivity index (χ3n) is 8.40. The molecule has 0 aliphatic rings. The highest BCUT2D eigenvalue weighted by Gasteiger charge is 2.32. The van der Waals surface area contributed by atoms with Gasteiger partial charge < -0.3 is 52.6 Å². The fourth-order valence-electron chi connectivity index (χ4n) is 5.53. The number of rotatable bonds is 22. The van der Waals surface area contributed by atoms with Crippen LogP contribution < -0.4 is 38.1 Å². The molecule has 0 aromatic heterocycles. The Morgan fingerprint density at radius 3 is 1.79 bits per heavy atom. The molecule has 1 unspecified atom stereocenters. The summed E-state index contributed by atoms with van der Waals surface area (Å²) in [6.45, 7) is 4.99. The van der Waals surface area contributed by atoms with Gasteiger partial charge in [0.1, 0.15) is 24.3 Å². The van der Waals surface area contributed by atoms with Crippen LogP contribution in [-0.4, -0.2) is 96.3 Å². The molecule has 0 spiro atoms. The number of ether oxygens (including phenoxy) is 2. The number of nitrogens with two attached hydrogens (primary N) is 2. The number of carbonyl (C=O) groups excluding carboxylic acids is 6. The van der Waals surface area contributed by atoms with E-state index >= 15 is 0 Å². The zero-order chi connectivity index (χ0) is 41.8. The fraction of sp³-hybridized carbons (Fsp3) is 0.415. The summed E-state index contributed by atoms with van der Waals surface area (Å²) in [7, 11) is 0. The molecule has 0 saturated heterocycles. The number of benzene rings is 3. The minimum Gasteiger partial charge on any atom is -0.461 e. The van der Waals surface area contributed by atoms with E-state index in [1.165, 1.54) is 0 Å². The van der Waals surface area contributed by atoms with Crippen LogP contribution in [0.15, 0.2) is 91.0 Å². The molecule has 10 N–H and O–H groups in total. The number of alkyl carbamates (subject to hydrolysis) is 1. The second-order valence-corrected chi connectivity index (χ2v) is 14.4. The average molecular weight is 790 g/mol. The number of esters is 1. The van der Waals surface area contributed by atoms with Crippen molar-refractivity contribution in [3.8, 4) is 0 Å². The molecule has 0 heterocycles. The smallest absolute Gasteiger partial charge is 0.408 e. The van der Waals surface area contributed by atoms with Crippen LogP contribution in [0.4, 0.5) is 4.79 Å². The van der Waals surface area contributed by atoms with E-state index in [-0.39, 0.29) is 39.1 Å². The Kier molecular flexibility index (Phi) is 18.6. The van der Waals surface area contributed by atoms with Gasteiger partial charge in [-0.05, 0) is 50.3 Å². The van der Waals surface area contributed by atoms with Crippen molar-refractivity contribution < 1.29 is 43.3 Å². The van der Waals surface area contributed by atoms with Crippen molar-refractivity contribution in [1.82, 2.24) is 26.6 Å². The molecular formula is C41H55N7O9. The highest BCUT2D eigenvalue weighted by atomic mass is 16.6. The first-order chi connectivity index (χ1) is 27.1. The van der Waals surface area contributed by atoms with E-state index in [9.17, 15) is 33.9 Å². The van der Waals surface area contributed by atoms with Crippen LogP contribution in [0, 0.1) is 0 Å². The number of aliphatic hydroxyl groups is 1. The topological polar surface area (TPSA) is 253 Å². The van der Waals surface area contributed by atoms with Crippen molar-refractivity contribution >= 4 is 35.7 Å². The fourth-order valence-corrected chi connectivity index (χ4v) is 5.53. The lowest BCUT2D eigenvalue weighted by atomic mass is 9.99. The summed E-state index contributed by atoms with van der Waals surface area (Å²) >= 11 is 0. The lowest BCUT2D eigenvalue weighted by Gasteiger charge is -2.29. The second-order valence-electron chi connectivity index (χ2n) is 14.4. The zero-order valence-corrected chi connectivity index (χ0v) is 32.6. The molecule has 0 radical (unpaired) electrons.